The van der Waals surface area contributed by atoms with E-state index in [1.807, 2.05) is 0 Å². The number of rotatable bonds is 7. The van der Waals surface area contributed by atoms with Gasteiger partial charge in [0.2, 0.25) is 0 Å². The summed E-state index contributed by atoms with van der Waals surface area (Å²) in [5.74, 6) is -5.15. The number of nitrogens with two attached hydrogens (primary N) is 1. The number of carbonyl (C=O) groups excluding carboxylic acids is 3. The van der Waals surface area contributed by atoms with Gasteiger partial charge in [-0.05, 0) is 45.0 Å². The maximum atomic E-state index is 14.9. The Morgan fingerprint density at radius 1 is 1.06 bits per heavy atom. The van der Waals surface area contributed by atoms with Gasteiger partial charge in [0, 0.05) is 24.2 Å². The molecule has 2 aliphatic heterocycles. The summed E-state index contributed by atoms with van der Waals surface area (Å²) < 4.78 is 176. The molecule has 4 rings (SSSR count). The number of hydrogen-bond donors (Lipinski definition) is 1. The third-order valence-electron chi connectivity index (χ3n) is 7.10. The third-order valence-corrected chi connectivity index (χ3v) is 8.03. The van der Waals surface area contributed by atoms with Gasteiger partial charge in [0.1, 0.15) is 27.6 Å². The van der Waals surface area contributed by atoms with Crippen LogP contribution in [-0.4, -0.2) is 87.3 Å². The van der Waals surface area contributed by atoms with Crippen molar-refractivity contribution in [2.24, 2.45) is 5.14 Å². The molecule has 0 saturated carbocycles. The molecule has 23 heteroatoms. The lowest BCUT2D eigenvalue weighted by atomic mass is 9.94. The smallest absolute Gasteiger partial charge is 0.420 e. The Labute approximate surface area is 293 Å². The molecule has 0 aromatic heterocycles. The molecule has 282 valence electrons. The zero-order valence-electron chi connectivity index (χ0n) is 29.3. The molecule has 2 aliphatic rings. The first-order valence-corrected chi connectivity index (χ1v) is 15.9. The van der Waals surface area contributed by atoms with Crippen molar-refractivity contribution in [3.63, 3.8) is 0 Å². The van der Waals surface area contributed by atoms with Crippen LogP contribution >= 0.6 is 11.6 Å². The fourth-order valence-corrected chi connectivity index (χ4v) is 5.86. The van der Waals surface area contributed by atoms with E-state index in [0.29, 0.717) is 12.1 Å². The van der Waals surface area contributed by atoms with Crippen LogP contribution in [0, 0.1) is 11.6 Å². The Balaban J connectivity index is 1.79. The number of likely N-dealkylation sites (tertiary alicyclic amines) is 1. The first kappa shape index (κ1) is 35.3. The van der Waals surface area contributed by atoms with Crippen LogP contribution < -0.4 is 19.7 Å². The van der Waals surface area contributed by atoms with Crippen LogP contribution in [0.4, 0.5) is 60.9 Å². The highest BCUT2D eigenvalue weighted by molar-refractivity contribution is 7.84. The van der Waals surface area contributed by atoms with E-state index in [1.165, 1.54) is 20.8 Å². The van der Waals surface area contributed by atoms with Crippen molar-refractivity contribution in [3.05, 3.63) is 52.0 Å². The minimum absolute atomic E-state index is 0.0154. The molecule has 2 N–H and O–H groups in total. The Bertz CT molecular complexity index is 1960. The number of urea groups is 1. The number of alkyl halides is 6. The standard InChI is InChI=1S/C28H28ClF8N5O8S/c1-25(2,3)49-24(45)41-12-26(13-41,50-51(38,46)47)11-40-7-8-42(22(40)43)18-10-14(27(32,33)34)9-15(28(35,36)37)21(18)48-23(44)39(4)17-6-5-16(30)19(29)20(17)31/h5-6,9-10H,7-8,11-13H2,1-4H3,(H2,38,46,47)/i4D3. The summed E-state index contributed by atoms with van der Waals surface area (Å²) in [5, 5.41) is 3.69. The first-order valence-electron chi connectivity index (χ1n) is 15.6. The van der Waals surface area contributed by atoms with E-state index in [-0.39, 0.29) is 11.0 Å². The van der Waals surface area contributed by atoms with Gasteiger partial charge in [0.05, 0.1) is 36.6 Å². The maximum Gasteiger partial charge on any atom is 0.420 e. The van der Waals surface area contributed by atoms with E-state index in [9.17, 15) is 57.9 Å². The van der Waals surface area contributed by atoms with Gasteiger partial charge in [-0.2, -0.15) is 34.8 Å². The Kier molecular flexibility index (Phi) is 9.29. The summed E-state index contributed by atoms with van der Waals surface area (Å²) in [7, 11) is -4.81. The molecule has 13 nitrogen and oxygen atoms in total. The van der Waals surface area contributed by atoms with Crippen LogP contribution in [0.5, 0.6) is 5.75 Å². The van der Waals surface area contributed by atoms with Crippen LogP contribution in [-0.2, 0) is 31.6 Å². The highest BCUT2D eigenvalue weighted by Gasteiger charge is 2.53. The minimum Gasteiger partial charge on any atom is -0.444 e. The maximum absolute atomic E-state index is 14.9. The highest BCUT2D eigenvalue weighted by atomic mass is 35.5. The van der Waals surface area contributed by atoms with Crippen LogP contribution in [0.3, 0.4) is 0 Å². The number of ether oxygens (including phenoxy) is 2. The van der Waals surface area contributed by atoms with Crippen molar-refractivity contribution in [2.45, 2.75) is 44.3 Å². The second kappa shape index (κ2) is 13.4. The Morgan fingerprint density at radius 2 is 1.69 bits per heavy atom. The van der Waals surface area contributed by atoms with E-state index >= 15 is 0 Å². The van der Waals surface area contributed by atoms with Gasteiger partial charge in [0.15, 0.2) is 11.6 Å². The Morgan fingerprint density at radius 3 is 2.22 bits per heavy atom. The van der Waals surface area contributed by atoms with Crippen LogP contribution in [0.1, 0.15) is 36.0 Å². The second-order valence-electron chi connectivity index (χ2n) is 12.2. The minimum atomic E-state index is -5.80. The Hall–Kier alpha value is -4.15. The quantitative estimate of drug-likeness (QED) is 0.276. The molecule has 0 radical (unpaired) electrons. The molecule has 0 aliphatic carbocycles. The molecule has 2 aromatic carbocycles. The fraction of sp³-hybridized carbons (Fsp3) is 0.464. The normalized spacial score (nSPS) is 17.8. The third kappa shape index (κ3) is 8.84. The van der Waals surface area contributed by atoms with Gasteiger partial charge in [-0.25, -0.2) is 32.5 Å². The van der Waals surface area contributed by atoms with Crippen molar-refractivity contribution in [1.82, 2.24) is 9.80 Å². The molecule has 2 aromatic rings. The molecule has 0 unspecified atom stereocenters. The lowest BCUT2D eigenvalue weighted by Crippen LogP contribution is -2.70. The molecular formula is C28H28ClF8N5O8S. The van der Waals surface area contributed by atoms with Crippen molar-refractivity contribution in [3.8, 4) is 5.75 Å². The molecule has 0 atom stereocenters. The molecule has 0 spiro atoms. The van der Waals surface area contributed by atoms with E-state index in [4.69, 9.17) is 34.5 Å². The summed E-state index contributed by atoms with van der Waals surface area (Å²) in [6.45, 7) is -2.44. The number of halogens is 9. The zero-order valence-corrected chi connectivity index (χ0v) is 27.9. The average Bonchev–Trinajstić information content (AvgIpc) is 3.31. The van der Waals surface area contributed by atoms with Gasteiger partial charge < -0.3 is 19.3 Å². The van der Waals surface area contributed by atoms with Crippen molar-refractivity contribution < 1.29 is 75.7 Å². The van der Waals surface area contributed by atoms with Crippen molar-refractivity contribution >= 4 is 51.5 Å². The number of nitrogens with zero attached hydrogens (tertiary/aromatic N) is 4. The molecule has 2 heterocycles. The molecule has 0 bridgehead atoms. The fourth-order valence-electron chi connectivity index (χ4n) is 5.05. The first-order chi connectivity index (χ1) is 24.3. The molecule has 2 saturated heterocycles. The summed E-state index contributed by atoms with van der Waals surface area (Å²) in [6, 6.07) is -1.14. The molecule has 51 heavy (non-hydrogen) atoms. The summed E-state index contributed by atoms with van der Waals surface area (Å²) in [4.78, 5) is 40.9. The van der Waals surface area contributed by atoms with Gasteiger partial charge in [-0.1, -0.05) is 11.6 Å². The van der Waals surface area contributed by atoms with Crippen molar-refractivity contribution in [2.75, 3.05) is 49.5 Å². The number of hydrogen-bond acceptors (Lipinski definition) is 8. The van der Waals surface area contributed by atoms with Crippen LogP contribution in [0.2, 0.25) is 5.02 Å². The average molecular weight is 785 g/mol. The topological polar surface area (TPSA) is 152 Å². The van der Waals surface area contributed by atoms with Crippen LogP contribution in [0.25, 0.3) is 0 Å². The monoisotopic (exact) mass is 784 g/mol. The van der Waals surface area contributed by atoms with Gasteiger partial charge in [0.25, 0.3) is 0 Å². The molecule has 2 fully saturated rings. The molecule has 4 amide bonds. The lowest BCUT2D eigenvalue weighted by Gasteiger charge is -2.49. The number of benzene rings is 2. The van der Waals surface area contributed by atoms with Crippen LogP contribution in [0.15, 0.2) is 24.3 Å². The van der Waals surface area contributed by atoms with E-state index in [0.717, 1.165) is 9.80 Å². The predicted molar refractivity (Wildman–Crippen MR) is 161 cm³/mol. The largest absolute Gasteiger partial charge is 0.444 e. The summed E-state index contributed by atoms with van der Waals surface area (Å²) in [5.41, 5.74) is -10.0. The zero-order chi connectivity index (χ0) is 41.1. The van der Waals surface area contributed by atoms with Gasteiger partial charge in [-0.15, -0.1) is 0 Å². The van der Waals surface area contributed by atoms with E-state index < -0.39 is 148 Å². The summed E-state index contributed by atoms with van der Waals surface area (Å²) in [6.07, 6.45) is -14.6. The van der Waals surface area contributed by atoms with Gasteiger partial charge >= 0.3 is 40.9 Å². The predicted octanol–water partition coefficient (Wildman–Crippen LogP) is 5.74. The number of amides is 4. The molecular weight excluding hydrogens is 754 g/mol. The van der Waals surface area contributed by atoms with E-state index in [1.54, 1.807) is 0 Å². The number of carbonyl (C=O) groups is 3. The lowest BCUT2D eigenvalue weighted by molar-refractivity contribution is -0.143. The number of anilines is 2. The van der Waals surface area contributed by atoms with Gasteiger partial charge in [-0.3, -0.25) is 9.80 Å². The van der Waals surface area contributed by atoms with E-state index in [2.05, 4.69) is 0 Å². The highest BCUT2D eigenvalue weighted by Crippen LogP contribution is 2.47. The summed E-state index contributed by atoms with van der Waals surface area (Å²) >= 11 is 5.48. The van der Waals surface area contributed by atoms with Crippen molar-refractivity contribution in [1.29, 1.82) is 0 Å². The SMILES string of the molecule is [2H]C([2H])([2H])N(C(=O)Oc1c(N2CCN(CC3(OS(N)(=O)=O)CN(C(=O)OC(C)(C)C)C3)C2=O)cc(C(F)(F)F)cc1C(F)(F)F)c1ccc(F)c(Cl)c1F. The second-order valence-corrected chi connectivity index (χ2v) is 13.7.